The third-order valence-corrected chi connectivity index (χ3v) is 7.50. The van der Waals surface area contributed by atoms with Gasteiger partial charge in [0, 0.05) is 11.8 Å². The summed E-state index contributed by atoms with van der Waals surface area (Å²) in [6, 6.07) is 0. The SMILES string of the molecule is CC12CCC3C(CCC4(C)C(O)C=CC34)C1=CC=C(OP)C2. The number of rotatable bonds is 1. The van der Waals surface area contributed by atoms with Crippen molar-refractivity contribution in [3.63, 3.8) is 0 Å². The molecule has 120 valence electrons. The fraction of sp³-hybridized carbons (Fsp3) is 0.684. The smallest absolute Gasteiger partial charge is 0.100 e. The number of aliphatic hydroxyl groups excluding tert-OH is 1. The molecule has 4 rings (SSSR count). The Labute approximate surface area is 136 Å². The van der Waals surface area contributed by atoms with Gasteiger partial charge >= 0.3 is 0 Å². The third kappa shape index (κ3) is 1.93. The van der Waals surface area contributed by atoms with Gasteiger partial charge in [0.05, 0.1) is 15.6 Å². The van der Waals surface area contributed by atoms with E-state index in [2.05, 4.69) is 47.6 Å². The molecule has 0 aromatic carbocycles. The zero-order valence-corrected chi connectivity index (χ0v) is 14.7. The van der Waals surface area contributed by atoms with Crippen LogP contribution >= 0.6 is 9.47 Å². The first-order chi connectivity index (χ1) is 10.5. The molecule has 0 aromatic heterocycles. The molecule has 1 N–H and O–H groups in total. The predicted molar refractivity (Wildman–Crippen MR) is 91.9 cm³/mol. The number of allylic oxidation sites excluding steroid dienone is 5. The molecule has 4 aliphatic rings. The molecular weight excluding hydrogens is 291 g/mol. The largest absolute Gasteiger partial charge is 0.485 e. The second kappa shape index (κ2) is 4.95. The molecule has 2 saturated carbocycles. The zero-order valence-electron chi connectivity index (χ0n) is 13.6. The average Bonchev–Trinajstić information content (AvgIpc) is 2.81. The minimum atomic E-state index is -0.246. The van der Waals surface area contributed by atoms with E-state index in [1.165, 1.54) is 19.3 Å². The van der Waals surface area contributed by atoms with Crippen molar-refractivity contribution in [3.05, 3.63) is 35.6 Å². The number of fused-ring (bicyclic) bond motifs is 5. The first kappa shape index (κ1) is 15.0. The van der Waals surface area contributed by atoms with Crippen LogP contribution in [0.2, 0.25) is 0 Å². The molecule has 3 heteroatoms. The fourth-order valence-electron chi connectivity index (χ4n) is 5.81. The Morgan fingerprint density at radius 3 is 2.77 bits per heavy atom. The summed E-state index contributed by atoms with van der Waals surface area (Å²) in [6.45, 7) is 4.71. The lowest BCUT2D eigenvalue weighted by atomic mass is 9.50. The molecule has 7 atom stereocenters. The Hall–Kier alpha value is -0.590. The normalized spacial score (nSPS) is 49.6. The lowest BCUT2D eigenvalue weighted by molar-refractivity contribution is -0.0331. The van der Waals surface area contributed by atoms with Crippen molar-refractivity contribution in [3.8, 4) is 0 Å². The van der Waals surface area contributed by atoms with Crippen LogP contribution in [-0.2, 0) is 4.52 Å². The molecule has 0 amide bonds. The van der Waals surface area contributed by atoms with Crippen LogP contribution in [0.25, 0.3) is 0 Å². The average molecular weight is 318 g/mol. The van der Waals surface area contributed by atoms with Crippen LogP contribution in [-0.4, -0.2) is 11.2 Å². The summed E-state index contributed by atoms with van der Waals surface area (Å²) in [5.74, 6) is 3.04. The van der Waals surface area contributed by atoms with Crippen LogP contribution < -0.4 is 0 Å². The van der Waals surface area contributed by atoms with Gasteiger partial charge in [0.1, 0.15) is 5.76 Å². The maximum Gasteiger partial charge on any atom is 0.100 e. The topological polar surface area (TPSA) is 29.5 Å². The van der Waals surface area contributed by atoms with Gasteiger partial charge in [-0.05, 0) is 54.9 Å². The van der Waals surface area contributed by atoms with Crippen LogP contribution in [0.15, 0.2) is 35.6 Å². The Balaban J connectivity index is 1.68. The Morgan fingerprint density at radius 1 is 1.18 bits per heavy atom. The van der Waals surface area contributed by atoms with Gasteiger partial charge in [-0.15, -0.1) is 0 Å². The first-order valence-corrected chi connectivity index (χ1v) is 9.09. The fourth-order valence-corrected chi connectivity index (χ4v) is 5.97. The van der Waals surface area contributed by atoms with E-state index in [9.17, 15) is 5.11 Å². The van der Waals surface area contributed by atoms with E-state index in [4.69, 9.17) is 4.52 Å². The summed E-state index contributed by atoms with van der Waals surface area (Å²) in [4.78, 5) is 0. The predicted octanol–water partition coefficient (Wildman–Crippen LogP) is 4.39. The highest BCUT2D eigenvalue weighted by molar-refractivity contribution is 7.10. The first-order valence-electron chi connectivity index (χ1n) is 8.62. The maximum absolute atomic E-state index is 10.4. The second-order valence-corrected chi connectivity index (χ2v) is 8.56. The van der Waals surface area contributed by atoms with E-state index >= 15 is 0 Å². The molecule has 7 unspecified atom stereocenters. The van der Waals surface area contributed by atoms with Gasteiger partial charge in [-0.1, -0.05) is 37.6 Å². The Morgan fingerprint density at radius 2 is 2.00 bits per heavy atom. The standard InChI is InChI=1S/C19H27O2P/c1-18-9-7-14-13(15(18)4-3-12(11-18)21-22)8-10-19(2)16(14)5-6-17(19)20/h3-6,13-14,16-17,20H,7-11,22H2,1-2H3. The summed E-state index contributed by atoms with van der Waals surface area (Å²) in [5.41, 5.74) is 2.00. The molecule has 0 saturated heterocycles. The van der Waals surface area contributed by atoms with Crippen LogP contribution in [0, 0.1) is 28.6 Å². The van der Waals surface area contributed by atoms with Crippen LogP contribution in [0.5, 0.6) is 0 Å². The Kier molecular flexibility index (Phi) is 3.37. The summed E-state index contributed by atoms with van der Waals surface area (Å²) in [7, 11) is 2.39. The van der Waals surface area contributed by atoms with Crippen molar-refractivity contribution in [2.45, 2.75) is 52.1 Å². The van der Waals surface area contributed by atoms with E-state index in [0.29, 0.717) is 17.8 Å². The molecule has 0 aliphatic heterocycles. The van der Waals surface area contributed by atoms with Crippen molar-refractivity contribution in [2.24, 2.45) is 28.6 Å². The van der Waals surface area contributed by atoms with E-state index in [1.807, 2.05) is 0 Å². The van der Waals surface area contributed by atoms with E-state index in [0.717, 1.165) is 18.6 Å². The molecule has 22 heavy (non-hydrogen) atoms. The van der Waals surface area contributed by atoms with E-state index in [1.54, 1.807) is 5.57 Å². The maximum atomic E-state index is 10.4. The minimum absolute atomic E-state index is 0.0777. The number of aliphatic hydroxyl groups is 1. The molecule has 0 aromatic rings. The molecular formula is C19H27O2P. The molecule has 0 bridgehead atoms. The zero-order chi connectivity index (χ0) is 15.5. The minimum Gasteiger partial charge on any atom is -0.485 e. The van der Waals surface area contributed by atoms with Crippen LogP contribution in [0.1, 0.15) is 46.0 Å². The molecule has 0 spiro atoms. The molecule has 2 fully saturated rings. The third-order valence-electron chi connectivity index (χ3n) is 7.20. The van der Waals surface area contributed by atoms with Gasteiger partial charge in [-0.2, -0.15) is 0 Å². The number of hydrogen-bond acceptors (Lipinski definition) is 2. The lowest BCUT2D eigenvalue weighted by Crippen LogP contribution is -2.48. The molecule has 4 aliphatic carbocycles. The molecule has 0 heterocycles. The van der Waals surface area contributed by atoms with Gasteiger partial charge < -0.3 is 9.63 Å². The van der Waals surface area contributed by atoms with Crippen LogP contribution in [0.4, 0.5) is 0 Å². The highest BCUT2D eigenvalue weighted by Gasteiger charge is 2.55. The van der Waals surface area contributed by atoms with Crippen LogP contribution in [0.3, 0.4) is 0 Å². The monoisotopic (exact) mass is 318 g/mol. The highest BCUT2D eigenvalue weighted by atomic mass is 31.0. The van der Waals surface area contributed by atoms with Gasteiger partial charge in [0.15, 0.2) is 0 Å². The molecule has 0 radical (unpaired) electrons. The lowest BCUT2D eigenvalue weighted by Gasteiger charge is -2.55. The van der Waals surface area contributed by atoms with Crippen molar-refractivity contribution >= 4 is 9.47 Å². The van der Waals surface area contributed by atoms with Gasteiger partial charge in [-0.25, -0.2) is 0 Å². The highest BCUT2D eigenvalue weighted by Crippen LogP contribution is 2.62. The van der Waals surface area contributed by atoms with Gasteiger partial charge in [0.25, 0.3) is 0 Å². The Bertz CT molecular complexity index is 578. The summed E-state index contributed by atoms with van der Waals surface area (Å²) in [6.07, 6.45) is 14.5. The molecule has 2 nitrogen and oxygen atoms in total. The summed E-state index contributed by atoms with van der Waals surface area (Å²) in [5, 5.41) is 10.4. The number of hydrogen-bond donors (Lipinski definition) is 1. The van der Waals surface area contributed by atoms with Gasteiger partial charge in [-0.3, -0.25) is 0 Å². The van der Waals surface area contributed by atoms with Gasteiger partial charge in [0.2, 0.25) is 0 Å². The summed E-state index contributed by atoms with van der Waals surface area (Å²) >= 11 is 0. The van der Waals surface area contributed by atoms with Crippen molar-refractivity contribution in [1.29, 1.82) is 0 Å². The second-order valence-electron chi connectivity index (χ2n) is 8.32. The van der Waals surface area contributed by atoms with Crippen molar-refractivity contribution in [2.75, 3.05) is 0 Å². The van der Waals surface area contributed by atoms with Crippen molar-refractivity contribution < 1.29 is 9.63 Å². The van der Waals surface area contributed by atoms with E-state index in [-0.39, 0.29) is 16.9 Å². The summed E-state index contributed by atoms with van der Waals surface area (Å²) < 4.78 is 5.43. The van der Waals surface area contributed by atoms with Crippen molar-refractivity contribution in [1.82, 2.24) is 0 Å². The quantitative estimate of drug-likeness (QED) is 0.574. The van der Waals surface area contributed by atoms with E-state index < -0.39 is 0 Å².